The van der Waals surface area contributed by atoms with Crippen LogP contribution in [0.3, 0.4) is 0 Å². The quantitative estimate of drug-likeness (QED) is 0.603. The van der Waals surface area contributed by atoms with E-state index < -0.39 is 41.9 Å². The lowest BCUT2D eigenvalue weighted by atomic mass is 9.87. The first-order valence-electron chi connectivity index (χ1n) is 7.99. The molecule has 24 heavy (non-hydrogen) atoms. The molecule has 1 unspecified atom stereocenters. The zero-order valence-corrected chi connectivity index (χ0v) is 14.2. The first-order chi connectivity index (χ1) is 11.1. The Labute approximate surface area is 140 Å². The van der Waals surface area contributed by atoms with Crippen LogP contribution in [0.1, 0.15) is 33.6 Å². The van der Waals surface area contributed by atoms with E-state index in [9.17, 15) is 19.5 Å². The van der Waals surface area contributed by atoms with Gasteiger partial charge in [-0.1, -0.05) is 0 Å². The number of aliphatic hydroxyl groups excluding tert-OH is 2. The van der Waals surface area contributed by atoms with Gasteiger partial charge in [-0.05, 0) is 33.6 Å². The van der Waals surface area contributed by atoms with Crippen molar-refractivity contribution in [1.82, 2.24) is 15.1 Å². The molecule has 0 aromatic carbocycles. The number of imide groups is 1. The second-order valence-corrected chi connectivity index (χ2v) is 7.23. The van der Waals surface area contributed by atoms with Crippen molar-refractivity contribution in [2.24, 2.45) is 0 Å². The minimum absolute atomic E-state index is 0.251. The van der Waals surface area contributed by atoms with E-state index in [0.29, 0.717) is 0 Å². The number of nitrogens with zero attached hydrogens (tertiary/aromatic N) is 2. The van der Waals surface area contributed by atoms with Gasteiger partial charge in [0.2, 0.25) is 0 Å². The van der Waals surface area contributed by atoms with E-state index in [2.05, 4.69) is 5.32 Å². The zero-order valence-electron chi connectivity index (χ0n) is 14.2. The Balaban J connectivity index is 1.99. The highest BCUT2D eigenvalue weighted by Gasteiger charge is 2.53. The van der Waals surface area contributed by atoms with Gasteiger partial charge in [-0.25, -0.2) is 9.59 Å². The number of urea groups is 1. The molecular weight excluding hydrogens is 318 g/mol. The maximum atomic E-state index is 12.6. The number of hydrogen-bond acceptors (Lipinski definition) is 6. The highest BCUT2D eigenvalue weighted by atomic mass is 16.6. The highest BCUT2D eigenvalue weighted by Crippen LogP contribution is 2.30. The van der Waals surface area contributed by atoms with Crippen molar-refractivity contribution in [2.45, 2.75) is 50.9 Å². The molecule has 2 rings (SSSR count). The summed E-state index contributed by atoms with van der Waals surface area (Å²) in [5.74, 6) is -0.427. The summed E-state index contributed by atoms with van der Waals surface area (Å²) in [6, 6.07) is -0.585. The van der Waals surface area contributed by atoms with Gasteiger partial charge in [0.05, 0.1) is 19.3 Å². The molecule has 0 aliphatic carbocycles. The number of rotatable bonds is 3. The van der Waals surface area contributed by atoms with Crippen LogP contribution >= 0.6 is 0 Å². The molecule has 3 N–H and O–H groups in total. The van der Waals surface area contributed by atoms with E-state index in [1.807, 2.05) is 0 Å². The molecule has 1 spiro atoms. The maximum Gasteiger partial charge on any atom is 0.410 e. The molecule has 4 amide bonds. The smallest absolute Gasteiger partial charge is 0.410 e. The van der Waals surface area contributed by atoms with Crippen molar-refractivity contribution >= 4 is 18.0 Å². The predicted molar refractivity (Wildman–Crippen MR) is 83.1 cm³/mol. The third kappa shape index (κ3) is 3.78. The van der Waals surface area contributed by atoms with Crippen molar-refractivity contribution < 1.29 is 29.3 Å². The van der Waals surface area contributed by atoms with Crippen LogP contribution in [-0.2, 0) is 9.53 Å². The monoisotopic (exact) mass is 343 g/mol. The van der Waals surface area contributed by atoms with Crippen molar-refractivity contribution in [3.63, 3.8) is 0 Å². The molecule has 2 saturated heterocycles. The Morgan fingerprint density at radius 2 is 1.92 bits per heavy atom. The Bertz CT molecular complexity index is 522. The second kappa shape index (κ2) is 6.56. The molecule has 2 aliphatic heterocycles. The molecule has 2 aliphatic rings. The molecule has 2 fully saturated rings. The number of amides is 4. The van der Waals surface area contributed by atoms with E-state index >= 15 is 0 Å². The standard InChI is InChI=1S/C15H25N3O6/c1-14(2,3)24-13(23)17-6-4-15(5-7-17)11(21)18(12(22)16-15)8-10(20)9-19/h10,19-20H,4-9H2,1-3H3,(H,16,22). The Morgan fingerprint density at radius 1 is 1.33 bits per heavy atom. The number of nitrogens with one attached hydrogen (secondary N) is 1. The van der Waals surface area contributed by atoms with Crippen LogP contribution in [0.2, 0.25) is 0 Å². The van der Waals surface area contributed by atoms with Gasteiger partial charge in [-0.2, -0.15) is 0 Å². The first kappa shape index (κ1) is 18.5. The number of piperidine rings is 1. The number of ether oxygens (including phenoxy) is 1. The topological polar surface area (TPSA) is 119 Å². The number of hydrogen-bond donors (Lipinski definition) is 3. The van der Waals surface area contributed by atoms with Crippen molar-refractivity contribution in [3.8, 4) is 0 Å². The highest BCUT2D eigenvalue weighted by molar-refractivity contribution is 6.07. The van der Waals surface area contributed by atoms with Crippen molar-refractivity contribution in [2.75, 3.05) is 26.2 Å². The lowest BCUT2D eigenvalue weighted by Gasteiger charge is -2.37. The van der Waals surface area contributed by atoms with Gasteiger partial charge in [-0.15, -0.1) is 0 Å². The number of aliphatic hydroxyl groups is 2. The minimum atomic E-state index is -1.17. The molecule has 1 atom stereocenters. The minimum Gasteiger partial charge on any atom is -0.444 e. The summed E-state index contributed by atoms with van der Waals surface area (Å²) in [6.45, 7) is 5.13. The van der Waals surface area contributed by atoms with Crippen molar-refractivity contribution in [1.29, 1.82) is 0 Å². The summed E-state index contributed by atoms with van der Waals surface area (Å²) in [7, 11) is 0. The maximum absolute atomic E-state index is 12.6. The fraction of sp³-hybridized carbons (Fsp3) is 0.800. The number of β-amino-alcohol motifs (C(OH)–C–C–N with tert-alkyl or cyclic N) is 1. The Morgan fingerprint density at radius 3 is 2.42 bits per heavy atom. The third-order valence-electron chi connectivity index (χ3n) is 4.12. The summed E-state index contributed by atoms with van der Waals surface area (Å²) in [4.78, 5) is 39.1. The van der Waals surface area contributed by atoms with Crippen LogP contribution < -0.4 is 5.32 Å². The molecular formula is C15H25N3O6. The predicted octanol–water partition coefficient (Wildman–Crippen LogP) is -0.339. The van der Waals surface area contributed by atoms with Crippen LogP contribution in [0.25, 0.3) is 0 Å². The number of likely N-dealkylation sites (tertiary alicyclic amines) is 1. The van der Waals surface area contributed by atoms with E-state index in [-0.39, 0.29) is 32.5 Å². The van der Waals surface area contributed by atoms with Gasteiger partial charge >= 0.3 is 12.1 Å². The average Bonchev–Trinajstić information content (AvgIpc) is 2.70. The fourth-order valence-electron chi connectivity index (χ4n) is 2.85. The number of carbonyl (C=O) groups is 3. The fourth-order valence-corrected chi connectivity index (χ4v) is 2.85. The lowest BCUT2D eigenvalue weighted by molar-refractivity contribution is -0.134. The number of carbonyl (C=O) groups excluding carboxylic acids is 3. The SMILES string of the molecule is CC(C)(C)OC(=O)N1CCC2(CC1)NC(=O)N(CC(O)CO)C2=O. The summed E-state index contributed by atoms with van der Waals surface area (Å²) in [5, 5.41) is 21.0. The van der Waals surface area contributed by atoms with Crippen molar-refractivity contribution in [3.05, 3.63) is 0 Å². The van der Waals surface area contributed by atoms with Gasteiger partial charge in [-0.3, -0.25) is 9.69 Å². The zero-order chi connectivity index (χ0) is 18.1. The van der Waals surface area contributed by atoms with Gasteiger partial charge in [0.1, 0.15) is 11.1 Å². The van der Waals surface area contributed by atoms with Gasteiger partial charge < -0.3 is 25.2 Å². The lowest BCUT2D eigenvalue weighted by Crippen LogP contribution is -2.56. The van der Waals surface area contributed by atoms with Crippen LogP contribution in [0.15, 0.2) is 0 Å². The molecule has 0 bridgehead atoms. The van der Waals surface area contributed by atoms with Crippen LogP contribution in [0.4, 0.5) is 9.59 Å². The molecule has 9 nitrogen and oxygen atoms in total. The van der Waals surface area contributed by atoms with E-state index in [1.165, 1.54) is 4.90 Å². The van der Waals surface area contributed by atoms with Gasteiger partial charge in [0.15, 0.2) is 0 Å². The van der Waals surface area contributed by atoms with Crippen LogP contribution in [0.5, 0.6) is 0 Å². The average molecular weight is 343 g/mol. The summed E-state index contributed by atoms with van der Waals surface area (Å²) in [6.07, 6.45) is -1.05. The van der Waals surface area contributed by atoms with Crippen LogP contribution in [-0.4, -0.2) is 81.5 Å². The molecule has 0 aromatic rings. The second-order valence-electron chi connectivity index (χ2n) is 7.23. The summed E-state index contributed by atoms with van der Waals surface area (Å²) < 4.78 is 5.31. The first-order valence-corrected chi connectivity index (χ1v) is 7.99. The molecule has 136 valence electrons. The third-order valence-corrected chi connectivity index (χ3v) is 4.12. The Kier molecular flexibility index (Phi) is 5.05. The van der Waals surface area contributed by atoms with Gasteiger partial charge in [0, 0.05) is 13.1 Å². The summed E-state index contributed by atoms with van der Waals surface area (Å²) >= 11 is 0. The normalized spacial score (nSPS) is 21.9. The van der Waals surface area contributed by atoms with E-state index in [1.54, 1.807) is 20.8 Å². The molecule has 0 aromatic heterocycles. The molecule has 0 radical (unpaired) electrons. The van der Waals surface area contributed by atoms with Crippen LogP contribution in [0, 0.1) is 0 Å². The molecule has 2 heterocycles. The largest absolute Gasteiger partial charge is 0.444 e. The van der Waals surface area contributed by atoms with E-state index in [0.717, 1.165) is 4.90 Å². The molecule has 0 saturated carbocycles. The molecule has 9 heteroatoms. The Hall–Kier alpha value is -1.87. The van der Waals surface area contributed by atoms with Gasteiger partial charge in [0.25, 0.3) is 5.91 Å². The summed E-state index contributed by atoms with van der Waals surface area (Å²) in [5.41, 5.74) is -1.65. The van der Waals surface area contributed by atoms with E-state index in [4.69, 9.17) is 9.84 Å².